The highest BCUT2D eigenvalue weighted by atomic mass is 32.2. The van der Waals surface area contributed by atoms with Crippen molar-refractivity contribution in [1.29, 1.82) is 0 Å². The molecular weight excluding hydrogens is 272 g/mol. The van der Waals surface area contributed by atoms with E-state index in [0.717, 1.165) is 24.4 Å². The molecule has 2 heterocycles. The molecule has 1 aromatic heterocycles. The van der Waals surface area contributed by atoms with E-state index in [0.29, 0.717) is 0 Å². The van der Waals surface area contributed by atoms with Crippen molar-refractivity contribution in [2.75, 3.05) is 18.8 Å². The molecular formula is C15H24N2S2. The largest absolute Gasteiger partial charge is 0.309 e. The second-order valence-electron chi connectivity index (χ2n) is 5.87. The van der Waals surface area contributed by atoms with Crippen molar-refractivity contribution in [1.82, 2.24) is 10.2 Å². The molecule has 1 atom stereocenters. The summed E-state index contributed by atoms with van der Waals surface area (Å²) in [5.41, 5.74) is 1.55. The zero-order valence-electron chi connectivity index (χ0n) is 11.9. The van der Waals surface area contributed by atoms with Crippen molar-refractivity contribution in [3.63, 3.8) is 0 Å². The van der Waals surface area contributed by atoms with Gasteiger partial charge in [-0.3, -0.25) is 4.90 Å². The molecule has 1 aliphatic heterocycles. The maximum atomic E-state index is 3.62. The van der Waals surface area contributed by atoms with Gasteiger partial charge in [0.2, 0.25) is 0 Å². The predicted molar refractivity (Wildman–Crippen MR) is 86.1 cm³/mol. The fourth-order valence-electron chi connectivity index (χ4n) is 2.64. The van der Waals surface area contributed by atoms with Gasteiger partial charge in [-0.05, 0) is 31.4 Å². The maximum absolute atomic E-state index is 3.62. The van der Waals surface area contributed by atoms with Gasteiger partial charge in [0.05, 0.1) is 0 Å². The van der Waals surface area contributed by atoms with Crippen LogP contribution in [0.15, 0.2) is 6.07 Å². The minimum atomic E-state index is 0.795. The van der Waals surface area contributed by atoms with E-state index < -0.39 is 0 Å². The molecule has 1 aromatic rings. The number of hydrogen-bond donors (Lipinski definition) is 1. The van der Waals surface area contributed by atoms with Crippen LogP contribution < -0.4 is 5.32 Å². The summed E-state index contributed by atoms with van der Waals surface area (Å²) in [6.45, 7) is 9.35. The van der Waals surface area contributed by atoms with Gasteiger partial charge < -0.3 is 5.32 Å². The Kier molecular flexibility index (Phi) is 4.52. The smallest absolute Gasteiger partial charge is 0.0302 e. The van der Waals surface area contributed by atoms with E-state index in [1.807, 2.05) is 11.3 Å². The highest BCUT2D eigenvalue weighted by Gasteiger charge is 2.21. The molecule has 1 saturated carbocycles. The van der Waals surface area contributed by atoms with Gasteiger partial charge in [-0.1, -0.05) is 6.92 Å². The molecule has 0 bridgehead atoms. The van der Waals surface area contributed by atoms with Crippen LogP contribution in [0, 0.1) is 6.92 Å². The number of aryl methyl sites for hydroxylation is 1. The molecule has 2 fully saturated rings. The first kappa shape index (κ1) is 13.9. The Labute approximate surface area is 125 Å². The van der Waals surface area contributed by atoms with Crippen LogP contribution in [0.4, 0.5) is 0 Å². The number of thioether (sulfide) groups is 1. The molecule has 3 rings (SSSR count). The molecule has 19 heavy (non-hydrogen) atoms. The molecule has 1 saturated heterocycles. The van der Waals surface area contributed by atoms with Crippen LogP contribution in [-0.4, -0.2) is 35.0 Å². The lowest BCUT2D eigenvalue weighted by Gasteiger charge is -2.30. The summed E-state index contributed by atoms with van der Waals surface area (Å²) in [6.07, 6.45) is 2.75. The van der Waals surface area contributed by atoms with Crippen LogP contribution >= 0.6 is 23.1 Å². The van der Waals surface area contributed by atoms with E-state index in [2.05, 4.69) is 41.9 Å². The first-order valence-electron chi connectivity index (χ1n) is 7.36. The van der Waals surface area contributed by atoms with Gasteiger partial charge in [0.1, 0.15) is 0 Å². The zero-order chi connectivity index (χ0) is 13.2. The first-order valence-corrected chi connectivity index (χ1v) is 9.23. The van der Waals surface area contributed by atoms with Crippen LogP contribution in [0.2, 0.25) is 0 Å². The monoisotopic (exact) mass is 296 g/mol. The normalized spacial score (nSPS) is 24.8. The lowest BCUT2D eigenvalue weighted by Crippen LogP contribution is -2.36. The Morgan fingerprint density at radius 3 is 3.00 bits per heavy atom. The van der Waals surface area contributed by atoms with Crippen LogP contribution in [0.1, 0.15) is 35.1 Å². The fraction of sp³-hybridized carbons (Fsp3) is 0.733. The average molecular weight is 297 g/mol. The predicted octanol–water partition coefficient (Wildman–Crippen LogP) is 3.25. The van der Waals surface area contributed by atoms with Crippen molar-refractivity contribution in [2.24, 2.45) is 0 Å². The summed E-state index contributed by atoms with van der Waals surface area (Å²) in [5, 5.41) is 4.41. The topological polar surface area (TPSA) is 15.3 Å². The molecule has 2 nitrogen and oxygen atoms in total. The van der Waals surface area contributed by atoms with Crippen LogP contribution in [0.5, 0.6) is 0 Å². The van der Waals surface area contributed by atoms with Crippen LogP contribution in [0.25, 0.3) is 0 Å². The van der Waals surface area contributed by atoms with Gasteiger partial charge in [0.15, 0.2) is 0 Å². The van der Waals surface area contributed by atoms with Crippen molar-refractivity contribution in [2.45, 2.75) is 51.1 Å². The van der Waals surface area contributed by atoms with E-state index in [-0.39, 0.29) is 0 Å². The summed E-state index contributed by atoms with van der Waals surface area (Å²) < 4.78 is 0. The van der Waals surface area contributed by atoms with Gasteiger partial charge in [-0.15, -0.1) is 11.3 Å². The van der Waals surface area contributed by atoms with Crippen molar-refractivity contribution in [3.8, 4) is 0 Å². The molecule has 1 aliphatic carbocycles. The van der Waals surface area contributed by atoms with Crippen molar-refractivity contribution >= 4 is 23.1 Å². The van der Waals surface area contributed by atoms with E-state index in [4.69, 9.17) is 0 Å². The van der Waals surface area contributed by atoms with E-state index in [9.17, 15) is 0 Å². The fourth-order valence-corrected chi connectivity index (χ4v) is 4.73. The number of hydrogen-bond acceptors (Lipinski definition) is 4. The maximum Gasteiger partial charge on any atom is 0.0302 e. The second-order valence-corrected chi connectivity index (χ2v) is 8.75. The average Bonchev–Trinajstić information content (AvgIpc) is 3.13. The molecule has 2 aliphatic rings. The molecule has 1 N–H and O–H groups in total. The molecule has 0 amide bonds. The summed E-state index contributed by atoms with van der Waals surface area (Å²) in [4.78, 5) is 5.64. The highest BCUT2D eigenvalue weighted by Crippen LogP contribution is 2.26. The Morgan fingerprint density at radius 1 is 1.42 bits per heavy atom. The Hall–Kier alpha value is -0.0300. The first-order chi connectivity index (χ1) is 9.20. The Balaban J connectivity index is 1.56. The Morgan fingerprint density at radius 2 is 2.26 bits per heavy atom. The molecule has 4 heteroatoms. The summed E-state index contributed by atoms with van der Waals surface area (Å²) in [6, 6.07) is 3.24. The summed E-state index contributed by atoms with van der Waals surface area (Å²) >= 11 is 4.09. The molecule has 1 unspecified atom stereocenters. The van der Waals surface area contributed by atoms with Crippen molar-refractivity contribution < 1.29 is 0 Å². The van der Waals surface area contributed by atoms with E-state index in [1.54, 1.807) is 5.56 Å². The number of nitrogens with zero attached hydrogens (tertiary/aromatic N) is 1. The van der Waals surface area contributed by atoms with Crippen molar-refractivity contribution in [3.05, 3.63) is 21.4 Å². The van der Waals surface area contributed by atoms with Gasteiger partial charge in [-0.2, -0.15) is 11.8 Å². The highest BCUT2D eigenvalue weighted by molar-refractivity contribution is 7.99. The minimum absolute atomic E-state index is 0.795. The number of thiophene rings is 1. The van der Waals surface area contributed by atoms with Crippen LogP contribution in [0.3, 0.4) is 0 Å². The van der Waals surface area contributed by atoms with Gasteiger partial charge in [0, 0.05) is 53.0 Å². The van der Waals surface area contributed by atoms with Crippen LogP contribution in [-0.2, 0) is 13.1 Å². The lowest BCUT2D eigenvalue weighted by atomic mass is 10.2. The third kappa shape index (κ3) is 3.97. The van der Waals surface area contributed by atoms with E-state index >= 15 is 0 Å². The molecule has 0 spiro atoms. The minimum Gasteiger partial charge on any atom is -0.309 e. The van der Waals surface area contributed by atoms with Gasteiger partial charge in [0.25, 0.3) is 0 Å². The number of nitrogens with one attached hydrogen (secondary N) is 1. The quantitative estimate of drug-likeness (QED) is 0.898. The lowest BCUT2D eigenvalue weighted by molar-refractivity contribution is 0.278. The SMILES string of the molecule is Cc1sc(CNC2CC2)cc1CN1CCSC(C)C1. The third-order valence-electron chi connectivity index (χ3n) is 3.93. The standard InChI is InChI=1S/C15H24N2S2/c1-11-9-17(5-6-18-11)10-13-7-15(19-12(13)2)8-16-14-3-4-14/h7,11,14,16H,3-6,8-10H2,1-2H3. The Bertz CT molecular complexity index is 426. The van der Waals surface area contributed by atoms with E-state index in [1.165, 1.54) is 41.4 Å². The zero-order valence-corrected chi connectivity index (χ0v) is 13.6. The summed E-state index contributed by atoms with van der Waals surface area (Å²) in [7, 11) is 0. The van der Waals surface area contributed by atoms with Gasteiger partial charge >= 0.3 is 0 Å². The summed E-state index contributed by atoms with van der Waals surface area (Å²) in [5.74, 6) is 1.29. The number of rotatable bonds is 5. The molecule has 0 aromatic carbocycles. The second kappa shape index (κ2) is 6.17. The molecule has 0 radical (unpaired) electrons. The van der Waals surface area contributed by atoms with Gasteiger partial charge in [-0.25, -0.2) is 0 Å². The third-order valence-corrected chi connectivity index (χ3v) is 6.16. The molecule has 106 valence electrons.